The van der Waals surface area contributed by atoms with Crippen molar-refractivity contribution in [3.63, 3.8) is 0 Å². The molecule has 1 aromatic rings. The first-order valence-electron chi connectivity index (χ1n) is 2.58. The highest BCUT2D eigenvalue weighted by Crippen LogP contribution is 2.14. The molecule has 0 saturated heterocycles. The van der Waals surface area contributed by atoms with E-state index >= 15 is 0 Å². The molecule has 0 spiro atoms. The molecule has 0 atom stereocenters. The Morgan fingerprint density at radius 3 is 2.80 bits per heavy atom. The summed E-state index contributed by atoms with van der Waals surface area (Å²) in [5.74, 6) is 0.0502. The van der Waals surface area contributed by atoms with Gasteiger partial charge in [-0.05, 0) is 28.1 Å². The van der Waals surface area contributed by atoms with Crippen LogP contribution in [-0.2, 0) is 0 Å². The van der Waals surface area contributed by atoms with Crippen LogP contribution in [0.4, 0.5) is 0 Å². The van der Waals surface area contributed by atoms with Gasteiger partial charge in [0.15, 0.2) is 10.4 Å². The molecule has 0 aromatic carbocycles. The van der Waals surface area contributed by atoms with Crippen LogP contribution in [0.1, 0.15) is 10.6 Å². The van der Waals surface area contributed by atoms with Gasteiger partial charge < -0.3 is 4.42 Å². The van der Waals surface area contributed by atoms with Crippen LogP contribution in [0.5, 0.6) is 0 Å². The number of furan rings is 1. The van der Waals surface area contributed by atoms with E-state index in [0.29, 0.717) is 10.4 Å². The fourth-order valence-electron chi connectivity index (χ4n) is 0.530. The van der Waals surface area contributed by atoms with Crippen LogP contribution >= 0.6 is 27.5 Å². The third-order valence-electron chi connectivity index (χ3n) is 0.969. The van der Waals surface area contributed by atoms with Gasteiger partial charge in [-0.3, -0.25) is 4.79 Å². The fourth-order valence-corrected chi connectivity index (χ4v) is 0.968. The van der Waals surface area contributed by atoms with Gasteiger partial charge in [0.25, 0.3) is 0 Å². The first-order chi connectivity index (χ1) is 4.74. The molecule has 0 aliphatic rings. The van der Waals surface area contributed by atoms with Crippen molar-refractivity contribution in [3.05, 3.63) is 22.6 Å². The third kappa shape index (κ3) is 1.61. The van der Waals surface area contributed by atoms with Crippen LogP contribution in [0.2, 0.25) is 0 Å². The summed E-state index contributed by atoms with van der Waals surface area (Å²) in [5, 5.41) is 0. The maximum Gasteiger partial charge on any atom is 0.212 e. The van der Waals surface area contributed by atoms with Crippen molar-refractivity contribution in [1.82, 2.24) is 0 Å². The second kappa shape index (κ2) is 3.21. The molecule has 10 heavy (non-hydrogen) atoms. The zero-order chi connectivity index (χ0) is 7.56. The summed E-state index contributed by atoms with van der Waals surface area (Å²) in [7, 11) is 0. The first kappa shape index (κ1) is 7.82. The van der Waals surface area contributed by atoms with Crippen molar-refractivity contribution >= 4 is 33.3 Å². The highest BCUT2D eigenvalue weighted by Gasteiger charge is 2.07. The second-order valence-electron chi connectivity index (χ2n) is 1.66. The Balaban J connectivity index is 2.85. The number of carbonyl (C=O) groups excluding carboxylic acids is 1. The summed E-state index contributed by atoms with van der Waals surface area (Å²) in [4.78, 5) is 10.8. The Morgan fingerprint density at radius 1 is 1.70 bits per heavy atom. The molecule has 0 N–H and O–H groups in total. The van der Waals surface area contributed by atoms with Crippen molar-refractivity contribution < 1.29 is 9.21 Å². The van der Waals surface area contributed by atoms with Crippen LogP contribution in [0, 0.1) is 0 Å². The Kier molecular flexibility index (Phi) is 2.51. The topological polar surface area (TPSA) is 30.2 Å². The van der Waals surface area contributed by atoms with Gasteiger partial charge in [0, 0.05) is 0 Å². The summed E-state index contributed by atoms with van der Waals surface area (Å²) < 4.78 is 5.46. The monoisotopic (exact) mass is 222 g/mol. The van der Waals surface area contributed by atoms with E-state index in [9.17, 15) is 4.79 Å². The van der Waals surface area contributed by atoms with Gasteiger partial charge in [0.2, 0.25) is 5.78 Å². The fraction of sp³-hybridized carbons (Fsp3) is 0.167. The Morgan fingerprint density at radius 2 is 2.40 bits per heavy atom. The maximum atomic E-state index is 10.8. The van der Waals surface area contributed by atoms with E-state index in [4.69, 9.17) is 16.0 Å². The summed E-state index contributed by atoms with van der Waals surface area (Å²) >= 11 is 8.34. The van der Waals surface area contributed by atoms with Crippen LogP contribution in [0.15, 0.2) is 21.2 Å². The molecule has 0 fully saturated rings. The molecule has 1 rings (SSSR count). The van der Waals surface area contributed by atoms with Crippen LogP contribution in [0.25, 0.3) is 0 Å². The minimum absolute atomic E-state index is 0.0417. The van der Waals surface area contributed by atoms with E-state index in [2.05, 4.69) is 15.9 Å². The van der Waals surface area contributed by atoms with Crippen molar-refractivity contribution in [1.29, 1.82) is 0 Å². The minimum Gasteiger partial charge on any atom is -0.446 e. The van der Waals surface area contributed by atoms with Crippen molar-refractivity contribution in [2.24, 2.45) is 0 Å². The van der Waals surface area contributed by atoms with Gasteiger partial charge in [-0.1, -0.05) is 0 Å². The molecule has 0 amide bonds. The van der Waals surface area contributed by atoms with E-state index < -0.39 is 0 Å². The number of hydrogen-bond acceptors (Lipinski definition) is 2. The highest BCUT2D eigenvalue weighted by atomic mass is 79.9. The average Bonchev–Trinajstić information content (AvgIpc) is 2.34. The quantitative estimate of drug-likeness (QED) is 0.569. The standard InChI is InChI=1S/C6H4BrClO2/c7-6-2-1-5(10-6)4(9)3-8/h1-2H,3H2. The van der Waals surface area contributed by atoms with Crippen molar-refractivity contribution in [2.75, 3.05) is 5.88 Å². The van der Waals surface area contributed by atoms with Gasteiger partial charge in [0.1, 0.15) is 0 Å². The number of halogens is 2. The van der Waals surface area contributed by atoms with Crippen molar-refractivity contribution in [3.8, 4) is 0 Å². The summed E-state index contributed by atoms with van der Waals surface area (Å²) in [5.41, 5.74) is 0. The van der Waals surface area contributed by atoms with Crippen LogP contribution < -0.4 is 0 Å². The molecule has 0 unspecified atom stereocenters. The molecule has 0 bridgehead atoms. The van der Waals surface area contributed by atoms with Gasteiger partial charge in [-0.15, -0.1) is 11.6 Å². The van der Waals surface area contributed by atoms with Gasteiger partial charge in [-0.2, -0.15) is 0 Å². The number of alkyl halides is 1. The zero-order valence-electron chi connectivity index (χ0n) is 4.93. The third-order valence-corrected chi connectivity index (χ3v) is 1.64. The largest absolute Gasteiger partial charge is 0.446 e. The second-order valence-corrected chi connectivity index (χ2v) is 2.71. The van der Waals surface area contributed by atoms with Crippen molar-refractivity contribution in [2.45, 2.75) is 0 Å². The molecule has 1 aromatic heterocycles. The molecule has 0 aliphatic carbocycles. The lowest BCUT2D eigenvalue weighted by Gasteiger charge is -1.86. The number of ketones is 1. The lowest BCUT2D eigenvalue weighted by molar-refractivity contribution is 0.0989. The van der Waals surface area contributed by atoms with Gasteiger partial charge in [-0.25, -0.2) is 0 Å². The number of rotatable bonds is 2. The molecular weight excluding hydrogens is 219 g/mol. The molecule has 54 valence electrons. The zero-order valence-corrected chi connectivity index (χ0v) is 7.28. The molecule has 4 heteroatoms. The van der Waals surface area contributed by atoms with Gasteiger partial charge in [0.05, 0.1) is 5.88 Å². The lowest BCUT2D eigenvalue weighted by Crippen LogP contribution is -1.96. The smallest absolute Gasteiger partial charge is 0.212 e. The number of Topliss-reactive ketones (excluding diaryl/α,β-unsaturated/α-hetero) is 1. The first-order valence-corrected chi connectivity index (χ1v) is 3.91. The normalized spacial score (nSPS) is 9.80. The molecular formula is C6H4BrClO2. The summed E-state index contributed by atoms with van der Waals surface area (Å²) in [6.07, 6.45) is 0. The molecule has 2 nitrogen and oxygen atoms in total. The van der Waals surface area contributed by atoms with Crippen LogP contribution in [-0.4, -0.2) is 11.7 Å². The Bertz CT molecular complexity index is 244. The van der Waals surface area contributed by atoms with E-state index in [0.717, 1.165) is 0 Å². The van der Waals surface area contributed by atoms with E-state index in [-0.39, 0.29) is 11.7 Å². The Hall–Kier alpha value is -0.280. The summed E-state index contributed by atoms with van der Waals surface area (Å²) in [6, 6.07) is 3.23. The molecule has 1 heterocycles. The SMILES string of the molecule is O=C(CCl)c1ccc(Br)o1. The van der Waals surface area contributed by atoms with E-state index in [1.54, 1.807) is 12.1 Å². The average molecular weight is 223 g/mol. The van der Waals surface area contributed by atoms with E-state index in [1.807, 2.05) is 0 Å². The molecule has 0 radical (unpaired) electrons. The predicted molar refractivity (Wildman–Crippen MR) is 41.5 cm³/mol. The Labute approximate surface area is 71.3 Å². The lowest BCUT2D eigenvalue weighted by atomic mass is 10.3. The highest BCUT2D eigenvalue weighted by molar-refractivity contribution is 9.10. The summed E-state index contributed by atoms with van der Waals surface area (Å²) in [6.45, 7) is 0. The number of carbonyl (C=O) groups is 1. The van der Waals surface area contributed by atoms with Crippen LogP contribution in [0.3, 0.4) is 0 Å². The van der Waals surface area contributed by atoms with Gasteiger partial charge >= 0.3 is 0 Å². The molecule has 0 saturated carbocycles. The number of hydrogen-bond donors (Lipinski definition) is 0. The maximum absolute atomic E-state index is 10.8. The minimum atomic E-state index is -0.202. The molecule has 0 aliphatic heterocycles. The predicted octanol–water partition coefficient (Wildman–Crippen LogP) is 2.46. The van der Waals surface area contributed by atoms with E-state index in [1.165, 1.54) is 0 Å².